The van der Waals surface area contributed by atoms with E-state index in [0.717, 1.165) is 120 Å². The van der Waals surface area contributed by atoms with E-state index in [-0.39, 0.29) is 166 Å². The molecule has 0 heterocycles. The van der Waals surface area contributed by atoms with E-state index in [4.69, 9.17) is 128 Å². The number of ether oxygens (including phenoxy) is 5. The van der Waals surface area contributed by atoms with Crippen LogP contribution in [0.1, 0.15) is 175 Å². The zero-order valence-electron chi connectivity index (χ0n) is 77.1. The molecule has 0 saturated heterocycles. The Bertz CT molecular complexity index is 4770. The highest BCUT2D eigenvalue weighted by Gasteiger charge is 2.72. The van der Waals surface area contributed by atoms with E-state index in [9.17, 15) is 47.9 Å². The Morgan fingerprint density at radius 3 is 0.733 bits per heavy atom. The molecule has 0 aliphatic heterocycles. The van der Waals surface area contributed by atoms with E-state index in [2.05, 4.69) is 90.7 Å². The molecule has 738 valence electrons. The Kier molecular flexibility index (Phi) is 35.4. The van der Waals surface area contributed by atoms with Crippen LogP contribution in [-0.2, 0) is 47.9 Å². The van der Waals surface area contributed by atoms with E-state index < -0.39 is 5.24 Å². The summed E-state index contributed by atoms with van der Waals surface area (Å²) in [6.45, 7) is 9.79. The molecule has 5 aromatic rings. The van der Waals surface area contributed by atoms with Gasteiger partial charge >= 0.3 is 0 Å². The van der Waals surface area contributed by atoms with Crippen molar-refractivity contribution in [2.24, 2.45) is 35.1 Å². The highest BCUT2D eigenvalue weighted by Crippen LogP contribution is 2.63. The summed E-state index contributed by atoms with van der Waals surface area (Å²) >= 11 is 44.1. The number of hydrogen-bond acceptors (Lipinski definition) is 20. The van der Waals surface area contributed by atoms with Crippen molar-refractivity contribution >= 4 is 164 Å². The first-order valence-corrected chi connectivity index (χ1v) is 49.5. The van der Waals surface area contributed by atoms with Gasteiger partial charge in [-0.1, -0.05) is 58.0 Å². The molecule has 9 amide bonds. The molecule has 0 radical (unpaired) electrons. The Morgan fingerprint density at radius 2 is 0.541 bits per heavy atom. The number of halogens is 9. The van der Waals surface area contributed by atoms with Gasteiger partial charge in [0.05, 0.1) is 25.5 Å². The Balaban J connectivity index is 0.000000148. The number of likely N-dealkylation sites (N-methyl/N-ethyl adjacent to an activating group) is 2. The molecule has 24 rings (SSSR count). The van der Waals surface area contributed by atoms with Crippen molar-refractivity contribution in [3.8, 4) is 28.7 Å². The minimum Gasteiger partial charge on any atom is -0.484 e. The maximum atomic E-state index is 12.4. The molecule has 5 aromatic carbocycles. The van der Waals surface area contributed by atoms with Crippen molar-refractivity contribution in [1.29, 1.82) is 0 Å². The third-order valence-electron chi connectivity index (χ3n) is 28.0. The number of carbonyl (C=O) groups excluding carboxylic acids is 10. The maximum Gasteiger partial charge on any atom is 0.258 e. The molecule has 38 heteroatoms. The predicted octanol–water partition coefficient (Wildman–Crippen LogP) is 12.2. The van der Waals surface area contributed by atoms with Gasteiger partial charge in [0.25, 0.3) is 29.5 Å². The molecular formula is C97H127Cl9N14O15. The van der Waals surface area contributed by atoms with Crippen LogP contribution in [0.15, 0.2) is 121 Å². The second kappa shape index (κ2) is 44.9. The summed E-state index contributed by atoms with van der Waals surface area (Å²) in [7, 11) is 4.04. The fourth-order valence-corrected chi connectivity index (χ4v) is 21.6. The molecule has 10 bridgehead atoms. The van der Waals surface area contributed by atoms with E-state index in [1.54, 1.807) is 121 Å². The van der Waals surface area contributed by atoms with Crippen LogP contribution in [0.5, 0.6) is 28.7 Å². The summed E-state index contributed by atoms with van der Waals surface area (Å²) < 4.78 is 27.2. The average Bonchev–Trinajstić information content (AvgIpc) is 1.56. The first-order valence-electron chi connectivity index (χ1n) is 46.1. The number of hydrogen-bond donors (Lipinski definition) is 12. The minimum absolute atomic E-state index is 0. The summed E-state index contributed by atoms with van der Waals surface area (Å²) in [6, 6.07) is 36.4. The van der Waals surface area contributed by atoms with E-state index in [1.165, 1.54) is 51.4 Å². The van der Waals surface area contributed by atoms with Crippen LogP contribution in [0.4, 0.5) is 0 Å². The first-order chi connectivity index (χ1) is 63.4. The van der Waals surface area contributed by atoms with Crippen molar-refractivity contribution in [1.82, 2.24) is 63.0 Å². The molecule has 19 aliphatic carbocycles. The highest BCUT2D eigenvalue weighted by atomic mass is 35.5. The van der Waals surface area contributed by atoms with Crippen molar-refractivity contribution in [2.75, 3.05) is 78.5 Å². The third-order valence-corrected chi connectivity index (χ3v) is 30.1. The van der Waals surface area contributed by atoms with Gasteiger partial charge in [-0.15, -0.1) is 35.6 Å². The Hall–Kier alpha value is -7.59. The second-order valence-corrected chi connectivity index (χ2v) is 43.6. The second-order valence-electron chi connectivity index (χ2n) is 40.5. The number of carbonyl (C=O) groups is 10. The number of amides is 9. The smallest absolute Gasteiger partial charge is 0.258 e. The van der Waals surface area contributed by atoms with Crippen LogP contribution in [0.2, 0.25) is 25.1 Å². The van der Waals surface area contributed by atoms with Crippen molar-refractivity contribution in [3.05, 3.63) is 146 Å². The Labute approximate surface area is 836 Å². The van der Waals surface area contributed by atoms with Gasteiger partial charge in [0.1, 0.15) is 34.6 Å². The summed E-state index contributed by atoms with van der Waals surface area (Å²) in [5.74, 6) is 5.49. The van der Waals surface area contributed by atoms with Crippen molar-refractivity contribution in [2.45, 2.75) is 255 Å². The summed E-state index contributed by atoms with van der Waals surface area (Å²) in [5.41, 5.74) is 10.2. The monoisotopic (exact) mass is 2040 g/mol. The molecule has 19 aliphatic rings. The minimum atomic E-state index is -0.508. The van der Waals surface area contributed by atoms with Gasteiger partial charge in [0.2, 0.25) is 28.9 Å². The SMILES string of the molecule is C[C@@H](N)C1CC1.C[C@@H](NCC(=O)NC12CC(NC(=O)COc3ccc(Cl)cc3)(C1)C2)C1CC1.C[C@H](C1CC1)N(C)CC(=O)NC12CC(NC(=O)COc3ccc(Cl)cc3)(C1)C2.C[C@H](C1CC1)N(C)CC(=O)NC12CC(NC(=O)COc3ccc(Cl)cc3)(C1)C2.Cl.NC12CC(NC(=O)COc3ccc(Cl)cc3)(C1)C2.O=C(CCl)NC12CC(NC(=O)COc3ccc(Cl)cc3)(C1)C2.O=C(Cl)CCl. The summed E-state index contributed by atoms with van der Waals surface area (Å²) in [5, 5.41) is 33.5. The van der Waals surface area contributed by atoms with Gasteiger partial charge in [0, 0.05) is 105 Å². The lowest BCUT2D eigenvalue weighted by molar-refractivity contribution is -0.152. The van der Waals surface area contributed by atoms with E-state index in [0.29, 0.717) is 97.7 Å². The quantitative estimate of drug-likeness (QED) is 0.0128. The molecule has 29 nitrogen and oxygen atoms in total. The molecule has 135 heavy (non-hydrogen) atoms. The summed E-state index contributed by atoms with van der Waals surface area (Å²) in [4.78, 5) is 122. The van der Waals surface area contributed by atoms with Gasteiger partial charge in [0.15, 0.2) is 33.0 Å². The lowest BCUT2D eigenvalue weighted by Gasteiger charge is -2.70. The number of benzene rings is 5. The predicted molar refractivity (Wildman–Crippen MR) is 525 cm³/mol. The number of nitrogens with two attached hydrogens (primary N) is 2. The van der Waals surface area contributed by atoms with Crippen LogP contribution < -0.4 is 88.3 Å². The third kappa shape index (κ3) is 30.0. The molecule has 19 fully saturated rings. The zero-order valence-corrected chi connectivity index (χ0v) is 84.0. The van der Waals surface area contributed by atoms with Gasteiger partial charge in [-0.05, 0) is 346 Å². The molecular weight excluding hydrogens is 1920 g/mol. The molecule has 4 atom stereocenters. The largest absolute Gasteiger partial charge is 0.484 e. The fourth-order valence-electron chi connectivity index (χ4n) is 20.9. The molecule has 19 saturated carbocycles. The molecule has 0 spiro atoms. The van der Waals surface area contributed by atoms with Crippen LogP contribution in [-0.4, -0.2) is 226 Å². The number of nitrogens with one attached hydrogen (secondary N) is 10. The van der Waals surface area contributed by atoms with Crippen LogP contribution in [0.25, 0.3) is 0 Å². The van der Waals surface area contributed by atoms with Crippen LogP contribution in [0.3, 0.4) is 0 Å². The summed E-state index contributed by atoms with van der Waals surface area (Å²) in [6.07, 6.45) is 22.6. The standard InChI is InChI=1S/2C21H28ClN3O3.C20H26ClN3O3.C15H16Cl2N2O3.C13H15ClN2O2.C5H11N.C2H2Cl2O.ClH/c2*1-14(15-3-4-15)25(2)9-18(26)23-20-11-21(12-20,13-20)24-19(27)10-28-17-7-5-16(22)6-8-17;1-13(14-2-3-14)22-8-17(25)23-19-10-20(11-19,12-19)24-18(26)9-27-16-6-4-15(21)5-7-16;16-5-12(20)18-14-7-15(8-14,9-14)19-13(21)6-22-11-3-1-10(17)2-4-11;14-9-1-3-10(4-2-9)18-5-11(17)16-13-6-12(15,7-13)8-13;1-4(6)5-2-3-5;3-1-2(4)5;/h2*5-8,14-15H,3-4,9-13H2,1-2H3,(H,23,26)(H,24,27);4-7,13-14,22H,2-3,8-12H2,1H3,(H,23,25)(H,24,26);1-4H,5-9H2,(H,18,20)(H,19,21);1-4H,5-8,15H2,(H,16,17);4-5H,2-3,6H2,1H3;1H2;1H/t2*14-,20?,21?;13-,19?,20?;;;4-;;/m111..1../s1. The highest BCUT2D eigenvalue weighted by molar-refractivity contribution is 6.67. The van der Waals surface area contributed by atoms with Crippen LogP contribution >= 0.6 is 105 Å². The normalized spacial score (nSPS) is 28.1. The first kappa shape index (κ1) is 106. The molecule has 0 unspecified atom stereocenters. The number of nitrogens with zero attached hydrogens (tertiary/aromatic N) is 2. The molecule has 14 N–H and O–H groups in total. The van der Waals surface area contributed by atoms with E-state index >= 15 is 0 Å². The average molecular weight is 2050 g/mol. The number of rotatable bonds is 39. The fraction of sp³-hybridized carbons (Fsp3) is 0.588. The maximum absolute atomic E-state index is 12.4. The van der Waals surface area contributed by atoms with Crippen molar-refractivity contribution < 1.29 is 71.6 Å². The van der Waals surface area contributed by atoms with Gasteiger partial charge < -0.3 is 88.3 Å². The zero-order chi connectivity index (χ0) is 96.4. The van der Waals surface area contributed by atoms with E-state index in [1.807, 2.05) is 14.1 Å². The van der Waals surface area contributed by atoms with Crippen molar-refractivity contribution in [3.63, 3.8) is 0 Å². The van der Waals surface area contributed by atoms with Crippen LogP contribution in [0, 0.1) is 23.7 Å². The van der Waals surface area contributed by atoms with Gasteiger partial charge in [-0.2, -0.15) is 0 Å². The lowest BCUT2D eigenvalue weighted by Crippen LogP contribution is -2.84. The lowest BCUT2D eigenvalue weighted by atomic mass is 9.44. The van der Waals surface area contributed by atoms with Gasteiger partial charge in [-0.25, -0.2) is 0 Å². The Morgan fingerprint density at radius 1 is 0.333 bits per heavy atom. The number of alkyl halides is 2. The topological polar surface area (TPSA) is 396 Å². The molecule has 0 aromatic heterocycles. The van der Waals surface area contributed by atoms with Gasteiger partial charge in [-0.3, -0.25) is 57.7 Å².